The number of ether oxygens (including phenoxy) is 1. The van der Waals surface area contributed by atoms with Gasteiger partial charge in [0, 0.05) is 11.2 Å². The van der Waals surface area contributed by atoms with Gasteiger partial charge in [-0.2, -0.15) is 0 Å². The topological polar surface area (TPSA) is 26.3 Å². The van der Waals surface area contributed by atoms with Crippen molar-refractivity contribution in [2.24, 2.45) is 11.8 Å². The van der Waals surface area contributed by atoms with Gasteiger partial charge in [0.1, 0.15) is 10.7 Å². The molecule has 2 fully saturated rings. The van der Waals surface area contributed by atoms with E-state index < -0.39 is 0 Å². The predicted octanol–water partition coefficient (Wildman–Crippen LogP) is 3.56. The lowest BCUT2D eigenvalue weighted by Crippen LogP contribution is -2.49. The first-order chi connectivity index (χ1) is 8.62. The highest BCUT2D eigenvalue weighted by atomic mass is 32.2. The van der Waals surface area contributed by atoms with Crippen molar-refractivity contribution in [1.82, 2.24) is 0 Å². The summed E-state index contributed by atoms with van der Waals surface area (Å²) >= 11 is 1.91. The van der Waals surface area contributed by atoms with Crippen LogP contribution in [0.5, 0.6) is 0 Å². The molecule has 0 aromatic rings. The van der Waals surface area contributed by atoms with Crippen LogP contribution in [-0.2, 0) is 9.53 Å². The van der Waals surface area contributed by atoms with E-state index in [0.29, 0.717) is 11.0 Å². The van der Waals surface area contributed by atoms with Crippen molar-refractivity contribution in [3.05, 3.63) is 12.2 Å². The van der Waals surface area contributed by atoms with Gasteiger partial charge in [-0.25, -0.2) is 0 Å². The molecule has 0 aromatic heterocycles. The van der Waals surface area contributed by atoms with E-state index in [-0.39, 0.29) is 22.9 Å². The van der Waals surface area contributed by atoms with E-state index in [1.54, 1.807) is 0 Å². The summed E-state index contributed by atoms with van der Waals surface area (Å²) in [6.07, 6.45) is 10.9. The smallest absolute Gasteiger partial charge is 0.145 e. The van der Waals surface area contributed by atoms with Gasteiger partial charge < -0.3 is 4.74 Å². The molecule has 2 heterocycles. The molecular weight excluding hydrogens is 244 g/mol. The Balaban J connectivity index is 1.77. The summed E-state index contributed by atoms with van der Waals surface area (Å²) in [6, 6.07) is 0. The van der Waals surface area contributed by atoms with Gasteiger partial charge in [-0.3, -0.25) is 4.79 Å². The van der Waals surface area contributed by atoms with Crippen LogP contribution in [0.1, 0.15) is 46.0 Å². The van der Waals surface area contributed by atoms with Crippen molar-refractivity contribution < 1.29 is 9.53 Å². The van der Waals surface area contributed by atoms with Gasteiger partial charge in [-0.1, -0.05) is 39.2 Å². The van der Waals surface area contributed by atoms with Crippen LogP contribution in [0.15, 0.2) is 12.2 Å². The maximum atomic E-state index is 12.3. The average molecular weight is 266 g/mol. The highest BCUT2D eigenvalue weighted by Crippen LogP contribution is 2.51. The van der Waals surface area contributed by atoms with Crippen molar-refractivity contribution in [3.63, 3.8) is 0 Å². The molecule has 3 heteroatoms. The van der Waals surface area contributed by atoms with Crippen LogP contribution in [-0.4, -0.2) is 22.1 Å². The van der Waals surface area contributed by atoms with E-state index >= 15 is 0 Å². The molecule has 4 atom stereocenters. The summed E-state index contributed by atoms with van der Waals surface area (Å²) in [4.78, 5) is 11.9. The first-order valence-electron chi connectivity index (χ1n) is 7.21. The third-order valence-electron chi connectivity index (χ3n) is 4.71. The molecule has 1 saturated carbocycles. The number of thioether (sulfide) groups is 1. The number of rotatable bonds is 2. The van der Waals surface area contributed by atoms with Gasteiger partial charge in [-0.05, 0) is 18.9 Å². The number of Topliss-reactive ketones (excluding diaryl/α,β-unsaturated/α-hetero) is 1. The van der Waals surface area contributed by atoms with Crippen molar-refractivity contribution in [2.75, 3.05) is 0 Å². The minimum atomic E-state index is -0.351. The van der Waals surface area contributed by atoms with E-state index in [4.69, 9.17) is 4.74 Å². The number of hydrogen-bond acceptors (Lipinski definition) is 3. The van der Waals surface area contributed by atoms with Crippen LogP contribution in [0, 0.1) is 11.8 Å². The summed E-state index contributed by atoms with van der Waals surface area (Å²) < 4.78 is 6.21. The molecule has 0 spiro atoms. The first-order valence-corrected chi connectivity index (χ1v) is 8.09. The standard InChI is InChI=1S/C15H22O2S/c1-10-13-8-9-15(17-13,11(2)14(10)16)18-12-6-4-3-5-7-12/h8-13H,3-7H2,1-2H3/t10-,11-,13-,15+/m0/s1. The zero-order chi connectivity index (χ0) is 12.8. The van der Waals surface area contributed by atoms with E-state index in [0.717, 1.165) is 0 Å². The van der Waals surface area contributed by atoms with Gasteiger partial charge in [0.25, 0.3) is 0 Å². The monoisotopic (exact) mass is 266 g/mol. The summed E-state index contributed by atoms with van der Waals surface area (Å²) in [7, 11) is 0. The van der Waals surface area contributed by atoms with Crippen molar-refractivity contribution in [3.8, 4) is 0 Å². The van der Waals surface area contributed by atoms with E-state index in [1.165, 1.54) is 32.1 Å². The van der Waals surface area contributed by atoms with Crippen LogP contribution < -0.4 is 0 Å². The third kappa shape index (κ3) is 1.96. The normalized spacial score (nSPS) is 44.6. The first kappa shape index (κ1) is 12.7. The van der Waals surface area contributed by atoms with E-state index in [1.807, 2.05) is 25.6 Å². The molecular formula is C15H22O2S. The Hall–Kier alpha value is -0.280. The van der Waals surface area contributed by atoms with Crippen LogP contribution in [0.25, 0.3) is 0 Å². The molecule has 1 aliphatic carbocycles. The van der Waals surface area contributed by atoms with Gasteiger partial charge in [-0.15, -0.1) is 11.8 Å². The molecule has 0 aromatic carbocycles. The van der Waals surface area contributed by atoms with Gasteiger partial charge >= 0.3 is 0 Å². The Morgan fingerprint density at radius 2 is 2.00 bits per heavy atom. The number of fused-ring (bicyclic) bond motifs is 2. The minimum absolute atomic E-state index is 0.00516. The van der Waals surface area contributed by atoms with Crippen LogP contribution >= 0.6 is 11.8 Å². The van der Waals surface area contributed by atoms with Gasteiger partial charge in [0.2, 0.25) is 0 Å². The SMILES string of the molecule is C[C@@H]1C(=O)[C@H](C)[C@]2(SC3CCCCC3)C=C[C@@H]1O2. The van der Waals surface area contributed by atoms with Gasteiger partial charge in [0.05, 0.1) is 12.0 Å². The van der Waals surface area contributed by atoms with Crippen LogP contribution in [0.3, 0.4) is 0 Å². The lowest BCUT2D eigenvalue weighted by Gasteiger charge is -2.42. The average Bonchev–Trinajstić information content (AvgIpc) is 2.79. The quantitative estimate of drug-likeness (QED) is 0.715. The number of ketones is 1. The fraction of sp³-hybridized carbons (Fsp3) is 0.800. The fourth-order valence-corrected chi connectivity index (χ4v) is 5.14. The molecule has 3 aliphatic rings. The molecule has 0 radical (unpaired) electrons. The summed E-state index contributed by atoms with van der Waals surface area (Å²) in [5.74, 6) is 0.396. The molecule has 0 amide bonds. The Morgan fingerprint density at radius 1 is 1.28 bits per heavy atom. The van der Waals surface area contributed by atoms with Gasteiger partial charge in [0.15, 0.2) is 0 Å². The molecule has 3 rings (SSSR count). The second-order valence-electron chi connectivity index (χ2n) is 5.95. The molecule has 0 N–H and O–H groups in total. The zero-order valence-corrected chi connectivity index (χ0v) is 12.0. The minimum Gasteiger partial charge on any atom is -0.352 e. The number of carbonyl (C=O) groups is 1. The Morgan fingerprint density at radius 3 is 2.72 bits per heavy atom. The summed E-state index contributed by atoms with van der Waals surface area (Å²) in [5, 5.41) is 0.672. The molecule has 100 valence electrons. The van der Waals surface area contributed by atoms with Crippen LogP contribution in [0.4, 0.5) is 0 Å². The molecule has 1 saturated heterocycles. The lowest BCUT2D eigenvalue weighted by molar-refractivity contribution is -0.146. The Labute approximate surface area is 114 Å². The third-order valence-corrected chi connectivity index (χ3v) is 6.47. The number of carbonyl (C=O) groups excluding carboxylic acids is 1. The molecule has 2 nitrogen and oxygen atoms in total. The second kappa shape index (κ2) is 4.68. The maximum Gasteiger partial charge on any atom is 0.145 e. The van der Waals surface area contributed by atoms with Crippen molar-refractivity contribution >= 4 is 17.5 Å². The Bertz CT molecular complexity index is 373. The molecule has 18 heavy (non-hydrogen) atoms. The van der Waals surface area contributed by atoms with E-state index in [9.17, 15) is 4.79 Å². The summed E-state index contributed by atoms with van der Waals surface area (Å²) in [5.41, 5.74) is 0. The molecule has 2 bridgehead atoms. The Kier molecular flexibility index (Phi) is 3.31. The largest absolute Gasteiger partial charge is 0.352 e. The summed E-state index contributed by atoms with van der Waals surface area (Å²) in [6.45, 7) is 4.04. The fourth-order valence-electron chi connectivity index (χ4n) is 3.40. The van der Waals surface area contributed by atoms with Crippen molar-refractivity contribution in [1.29, 1.82) is 0 Å². The van der Waals surface area contributed by atoms with Crippen molar-refractivity contribution in [2.45, 2.75) is 62.2 Å². The van der Waals surface area contributed by atoms with E-state index in [2.05, 4.69) is 12.2 Å². The molecule has 2 aliphatic heterocycles. The highest BCUT2D eigenvalue weighted by molar-refractivity contribution is 8.01. The maximum absolute atomic E-state index is 12.3. The second-order valence-corrected chi connectivity index (χ2v) is 7.49. The zero-order valence-electron chi connectivity index (χ0n) is 11.2. The van der Waals surface area contributed by atoms with Crippen LogP contribution in [0.2, 0.25) is 0 Å². The predicted molar refractivity (Wildman–Crippen MR) is 74.5 cm³/mol. The number of hydrogen-bond donors (Lipinski definition) is 0. The lowest BCUT2D eigenvalue weighted by atomic mass is 9.87. The molecule has 0 unspecified atom stereocenters. The highest BCUT2D eigenvalue weighted by Gasteiger charge is 2.53.